The molecular weight excluding hydrogens is 410 g/mol. The summed E-state index contributed by atoms with van der Waals surface area (Å²) in [7, 11) is 0. The average molecular weight is 437 g/mol. The lowest BCUT2D eigenvalue weighted by molar-refractivity contribution is -0.137. The van der Waals surface area contributed by atoms with Gasteiger partial charge in [-0.05, 0) is 62.7 Å². The van der Waals surface area contributed by atoms with Gasteiger partial charge in [0.1, 0.15) is 23.0 Å². The van der Waals surface area contributed by atoms with Crippen LogP contribution >= 0.6 is 0 Å². The molecule has 0 spiro atoms. The molecule has 0 saturated carbocycles. The Morgan fingerprint density at radius 3 is 2.25 bits per heavy atom. The van der Waals surface area contributed by atoms with E-state index in [0.717, 1.165) is 0 Å². The molecule has 1 atom stereocenters. The number of carbonyl (C=O) groups excluding carboxylic acids is 1. The number of aliphatic carboxylic acids is 1. The molecule has 0 aromatic heterocycles. The van der Waals surface area contributed by atoms with Crippen LogP contribution in [-0.2, 0) is 9.53 Å². The Labute approximate surface area is 187 Å². The minimum atomic E-state index is -1.19. The number of hydrogen-bond acceptors (Lipinski definition) is 6. The first kappa shape index (κ1) is 23.0. The molecule has 0 aliphatic carbocycles. The van der Waals surface area contributed by atoms with Crippen LogP contribution in [0.3, 0.4) is 0 Å². The highest BCUT2D eigenvalue weighted by atomic mass is 16.6. The van der Waals surface area contributed by atoms with Crippen molar-refractivity contribution in [2.45, 2.75) is 32.4 Å². The average Bonchev–Trinajstić information content (AvgIpc) is 2.69. The van der Waals surface area contributed by atoms with Gasteiger partial charge in [0.15, 0.2) is 0 Å². The maximum Gasteiger partial charge on any atom is 0.410 e. The topological polar surface area (TPSA) is 112 Å². The van der Waals surface area contributed by atoms with E-state index in [-0.39, 0.29) is 11.8 Å². The number of hydrogen-bond donors (Lipinski definition) is 2. The first-order chi connectivity index (χ1) is 15.1. The van der Waals surface area contributed by atoms with Crippen LogP contribution in [0.4, 0.5) is 4.79 Å². The number of ether oxygens (including phenoxy) is 2. The van der Waals surface area contributed by atoms with E-state index in [0.29, 0.717) is 30.2 Å². The second-order valence-corrected chi connectivity index (χ2v) is 8.51. The molecular formula is C24H27N3O5. The summed E-state index contributed by atoms with van der Waals surface area (Å²) >= 11 is 0. The molecule has 32 heavy (non-hydrogen) atoms. The van der Waals surface area contributed by atoms with Crippen LogP contribution in [0.5, 0.6) is 11.5 Å². The SMILES string of the molecule is CC(C)(C)OC(=O)N1CC(N=CC(C(=N)c2ccc(Oc3ccccc3)cc2)C(=O)O)C1. The van der Waals surface area contributed by atoms with Crippen LogP contribution in [0.15, 0.2) is 59.6 Å². The van der Waals surface area contributed by atoms with Gasteiger partial charge in [0, 0.05) is 19.3 Å². The molecule has 3 rings (SSSR count). The zero-order chi connectivity index (χ0) is 23.3. The van der Waals surface area contributed by atoms with Crippen LogP contribution < -0.4 is 4.74 Å². The molecule has 1 aliphatic rings. The monoisotopic (exact) mass is 437 g/mol. The fraction of sp³-hybridized carbons (Fsp3) is 0.333. The smallest absolute Gasteiger partial charge is 0.410 e. The Morgan fingerprint density at radius 2 is 1.69 bits per heavy atom. The second-order valence-electron chi connectivity index (χ2n) is 8.51. The molecule has 168 valence electrons. The number of nitrogens with zero attached hydrogens (tertiary/aromatic N) is 2. The molecule has 1 heterocycles. The first-order valence-corrected chi connectivity index (χ1v) is 10.3. The van der Waals surface area contributed by atoms with Crippen LogP contribution in [0.25, 0.3) is 0 Å². The van der Waals surface area contributed by atoms with E-state index in [1.807, 2.05) is 30.3 Å². The molecule has 2 N–H and O–H groups in total. The summed E-state index contributed by atoms with van der Waals surface area (Å²) in [5, 5.41) is 17.9. The standard InChI is InChI=1S/C24H27N3O5/c1-24(2,3)32-23(30)27-14-17(15-27)26-13-20(22(28)29)21(25)16-9-11-19(12-10-16)31-18-7-5-4-6-8-18/h4-13,17,20,25H,14-15H2,1-3H3,(H,28,29). The van der Waals surface area contributed by atoms with E-state index in [1.165, 1.54) is 11.1 Å². The van der Waals surface area contributed by atoms with Crippen LogP contribution in [0.2, 0.25) is 0 Å². The summed E-state index contributed by atoms with van der Waals surface area (Å²) < 4.78 is 11.0. The molecule has 0 radical (unpaired) electrons. The summed E-state index contributed by atoms with van der Waals surface area (Å²) in [6, 6.07) is 15.8. The van der Waals surface area contributed by atoms with E-state index in [9.17, 15) is 14.7 Å². The maximum absolute atomic E-state index is 12.0. The van der Waals surface area contributed by atoms with Crippen molar-refractivity contribution in [3.05, 3.63) is 60.2 Å². The molecule has 1 amide bonds. The van der Waals surface area contributed by atoms with Gasteiger partial charge in [0.2, 0.25) is 0 Å². The molecule has 1 aliphatic heterocycles. The number of nitrogens with one attached hydrogen (secondary N) is 1. The fourth-order valence-corrected chi connectivity index (χ4v) is 3.00. The van der Waals surface area contributed by atoms with E-state index in [2.05, 4.69) is 4.99 Å². The van der Waals surface area contributed by atoms with Crippen molar-refractivity contribution in [2.75, 3.05) is 13.1 Å². The predicted octanol–water partition coefficient (Wildman–Crippen LogP) is 4.24. The number of carbonyl (C=O) groups is 2. The highest BCUT2D eigenvalue weighted by Crippen LogP contribution is 2.22. The Kier molecular flexibility index (Phi) is 6.92. The van der Waals surface area contributed by atoms with Gasteiger partial charge in [-0.25, -0.2) is 4.79 Å². The third kappa shape index (κ3) is 6.16. The van der Waals surface area contributed by atoms with E-state index in [1.54, 1.807) is 45.0 Å². The van der Waals surface area contributed by atoms with Crippen molar-refractivity contribution in [3.8, 4) is 11.5 Å². The highest BCUT2D eigenvalue weighted by Gasteiger charge is 2.33. The minimum absolute atomic E-state index is 0.0733. The number of amides is 1. The Balaban J connectivity index is 1.58. The minimum Gasteiger partial charge on any atom is -0.480 e. The third-order valence-corrected chi connectivity index (χ3v) is 4.68. The van der Waals surface area contributed by atoms with Crippen LogP contribution in [0.1, 0.15) is 26.3 Å². The van der Waals surface area contributed by atoms with Crippen molar-refractivity contribution in [1.29, 1.82) is 5.41 Å². The number of carboxylic acids is 1. The lowest BCUT2D eigenvalue weighted by Crippen LogP contribution is -2.54. The Morgan fingerprint density at radius 1 is 1.09 bits per heavy atom. The van der Waals surface area contributed by atoms with Crippen molar-refractivity contribution in [3.63, 3.8) is 0 Å². The number of aliphatic imine (C=N–C) groups is 1. The first-order valence-electron chi connectivity index (χ1n) is 10.3. The zero-order valence-corrected chi connectivity index (χ0v) is 18.3. The van der Waals surface area contributed by atoms with E-state index >= 15 is 0 Å². The molecule has 2 aromatic carbocycles. The lowest BCUT2D eigenvalue weighted by Gasteiger charge is -2.37. The van der Waals surface area contributed by atoms with Crippen LogP contribution in [0, 0.1) is 11.3 Å². The largest absolute Gasteiger partial charge is 0.480 e. The fourth-order valence-electron chi connectivity index (χ4n) is 3.00. The van der Waals surface area contributed by atoms with E-state index < -0.39 is 23.6 Å². The number of rotatable bonds is 7. The van der Waals surface area contributed by atoms with Gasteiger partial charge < -0.3 is 24.9 Å². The van der Waals surface area contributed by atoms with Gasteiger partial charge in [0.25, 0.3) is 0 Å². The van der Waals surface area contributed by atoms with Crippen molar-refractivity contribution < 1.29 is 24.2 Å². The van der Waals surface area contributed by atoms with Crippen LogP contribution in [-0.4, -0.2) is 58.7 Å². The summed E-state index contributed by atoms with van der Waals surface area (Å²) in [6.45, 7) is 6.10. The van der Waals surface area contributed by atoms with Gasteiger partial charge in [0.05, 0.1) is 11.8 Å². The van der Waals surface area contributed by atoms with Gasteiger partial charge in [-0.3, -0.25) is 9.79 Å². The summed E-state index contributed by atoms with van der Waals surface area (Å²) in [5.41, 5.74) is -0.180. The summed E-state index contributed by atoms with van der Waals surface area (Å²) in [5.74, 6) is -1.07. The van der Waals surface area contributed by atoms with Crippen molar-refractivity contribution in [2.24, 2.45) is 10.9 Å². The van der Waals surface area contributed by atoms with E-state index in [4.69, 9.17) is 14.9 Å². The molecule has 2 aromatic rings. The van der Waals surface area contributed by atoms with Gasteiger partial charge in [-0.1, -0.05) is 18.2 Å². The number of carboxylic acid groups (broad SMARTS) is 1. The molecule has 8 nitrogen and oxygen atoms in total. The zero-order valence-electron chi connectivity index (χ0n) is 18.3. The second kappa shape index (κ2) is 9.64. The molecule has 1 unspecified atom stereocenters. The van der Waals surface area contributed by atoms with Gasteiger partial charge >= 0.3 is 12.1 Å². The number of benzene rings is 2. The molecule has 1 saturated heterocycles. The Bertz CT molecular complexity index is 991. The maximum atomic E-state index is 12.0. The lowest BCUT2D eigenvalue weighted by atomic mass is 9.97. The Hall–Kier alpha value is -3.68. The van der Waals surface area contributed by atoms with Gasteiger partial charge in [-0.2, -0.15) is 0 Å². The molecule has 8 heteroatoms. The quantitative estimate of drug-likeness (QED) is 0.629. The molecule has 0 bridgehead atoms. The predicted molar refractivity (Wildman–Crippen MR) is 121 cm³/mol. The highest BCUT2D eigenvalue weighted by molar-refractivity contribution is 6.19. The third-order valence-electron chi connectivity index (χ3n) is 4.68. The van der Waals surface area contributed by atoms with Gasteiger partial charge in [-0.15, -0.1) is 0 Å². The molecule has 1 fully saturated rings. The summed E-state index contributed by atoms with van der Waals surface area (Å²) in [6.07, 6.45) is 0.861. The number of likely N-dealkylation sites (tertiary alicyclic amines) is 1. The number of para-hydroxylation sites is 1. The van der Waals surface area contributed by atoms with Crippen molar-refractivity contribution in [1.82, 2.24) is 4.90 Å². The van der Waals surface area contributed by atoms with Crippen molar-refractivity contribution >= 4 is 24.0 Å². The summed E-state index contributed by atoms with van der Waals surface area (Å²) in [4.78, 5) is 29.5. The normalized spacial score (nSPS) is 15.2.